The smallest absolute Gasteiger partial charge is 0.172 e. The number of allylic oxidation sites excluding steroid dienone is 1. The van der Waals surface area contributed by atoms with Crippen molar-refractivity contribution in [2.45, 2.75) is 32.1 Å². The molecule has 2 N–H and O–H groups in total. The average Bonchev–Trinajstić information content (AvgIpc) is 2.85. The summed E-state index contributed by atoms with van der Waals surface area (Å²) in [6.45, 7) is 4.20. The van der Waals surface area contributed by atoms with Gasteiger partial charge in [0.2, 0.25) is 0 Å². The normalized spacial score (nSPS) is 13.1. The van der Waals surface area contributed by atoms with E-state index in [-0.39, 0.29) is 12.4 Å². The summed E-state index contributed by atoms with van der Waals surface area (Å²) in [5.74, 6) is 1.77. The van der Waals surface area contributed by atoms with Crippen LogP contribution in [-0.4, -0.2) is 29.0 Å². The van der Waals surface area contributed by atoms with Crippen LogP contribution in [0.5, 0.6) is 0 Å². The molecule has 21 heavy (non-hydrogen) atoms. The predicted molar refractivity (Wildman–Crippen MR) is 90.1 cm³/mol. The molecule has 0 amide bonds. The van der Waals surface area contributed by atoms with Crippen molar-refractivity contribution in [1.82, 2.24) is 0 Å². The van der Waals surface area contributed by atoms with Crippen LogP contribution in [0.15, 0.2) is 30.5 Å². The highest BCUT2D eigenvalue weighted by atomic mass is 32.2. The van der Waals surface area contributed by atoms with Crippen LogP contribution in [0.1, 0.15) is 41.6 Å². The highest BCUT2D eigenvalue weighted by Crippen LogP contribution is 2.28. The lowest BCUT2D eigenvalue weighted by Gasteiger charge is -2.04. The maximum Gasteiger partial charge on any atom is 0.172 e. The van der Waals surface area contributed by atoms with Crippen molar-refractivity contribution in [3.8, 4) is 0 Å². The molecular formula is C17H23NO2S. The fourth-order valence-corrected chi connectivity index (χ4v) is 3.32. The summed E-state index contributed by atoms with van der Waals surface area (Å²) in [5, 5.41) is 11.9. The number of thioether (sulfide) groups is 1. The summed E-state index contributed by atoms with van der Waals surface area (Å²) in [6.07, 6.45) is 5.03. The lowest BCUT2D eigenvalue weighted by atomic mass is 10.1. The van der Waals surface area contributed by atoms with Gasteiger partial charge in [-0.25, -0.2) is 0 Å². The standard InChI is InChI=1S/C17H23NO2S/c1-13-10-15-11-14(6-7-16(15)18-13)17(20)12-21-9-5-3-2-4-8-19/h6-7,11,18-19H,1-5,8-10,12H2. The van der Waals surface area contributed by atoms with Gasteiger partial charge in [0.05, 0.1) is 5.75 Å². The van der Waals surface area contributed by atoms with Crippen LogP contribution in [0.3, 0.4) is 0 Å². The maximum atomic E-state index is 12.2. The molecule has 0 saturated carbocycles. The fraction of sp³-hybridized carbons (Fsp3) is 0.471. The first-order valence-corrected chi connectivity index (χ1v) is 8.65. The van der Waals surface area contributed by atoms with Gasteiger partial charge in [0.25, 0.3) is 0 Å². The number of anilines is 1. The largest absolute Gasteiger partial charge is 0.396 e. The predicted octanol–water partition coefficient (Wildman–Crippen LogP) is 3.64. The molecule has 0 bridgehead atoms. The van der Waals surface area contributed by atoms with Crippen LogP contribution >= 0.6 is 11.8 Å². The second kappa shape index (κ2) is 8.25. The zero-order chi connectivity index (χ0) is 15.1. The Morgan fingerprint density at radius 1 is 1.29 bits per heavy atom. The SMILES string of the molecule is C=C1Cc2cc(C(=O)CSCCCCCCO)ccc2N1. The van der Waals surface area contributed by atoms with E-state index in [1.807, 2.05) is 18.2 Å². The van der Waals surface area contributed by atoms with Gasteiger partial charge >= 0.3 is 0 Å². The molecule has 114 valence electrons. The zero-order valence-corrected chi connectivity index (χ0v) is 13.2. The molecule has 1 heterocycles. The monoisotopic (exact) mass is 305 g/mol. The van der Waals surface area contributed by atoms with E-state index in [0.717, 1.165) is 54.8 Å². The van der Waals surface area contributed by atoms with Gasteiger partial charge in [0.15, 0.2) is 5.78 Å². The number of hydrogen-bond acceptors (Lipinski definition) is 4. The lowest BCUT2D eigenvalue weighted by molar-refractivity contribution is 0.102. The van der Waals surface area contributed by atoms with Crippen molar-refractivity contribution in [1.29, 1.82) is 0 Å². The molecule has 0 atom stereocenters. The third-order valence-electron chi connectivity index (χ3n) is 3.57. The van der Waals surface area contributed by atoms with Gasteiger partial charge in [-0.15, -0.1) is 0 Å². The molecule has 1 aliphatic rings. The number of nitrogens with one attached hydrogen (secondary N) is 1. The van der Waals surface area contributed by atoms with E-state index in [4.69, 9.17) is 5.11 Å². The van der Waals surface area contributed by atoms with Crippen molar-refractivity contribution < 1.29 is 9.90 Å². The van der Waals surface area contributed by atoms with Crippen molar-refractivity contribution in [3.05, 3.63) is 41.6 Å². The van der Waals surface area contributed by atoms with Crippen molar-refractivity contribution in [2.75, 3.05) is 23.4 Å². The molecule has 0 fully saturated rings. The minimum absolute atomic E-state index is 0.204. The number of unbranched alkanes of at least 4 members (excludes halogenated alkanes) is 3. The van der Waals surface area contributed by atoms with Gasteiger partial charge < -0.3 is 10.4 Å². The van der Waals surface area contributed by atoms with Gasteiger partial charge in [-0.05, 0) is 42.4 Å². The van der Waals surface area contributed by atoms with Gasteiger partial charge in [0, 0.05) is 30.0 Å². The molecule has 0 aromatic heterocycles. The Kier molecular flexibility index (Phi) is 6.33. The zero-order valence-electron chi connectivity index (χ0n) is 12.4. The van der Waals surface area contributed by atoms with Gasteiger partial charge in [-0.1, -0.05) is 19.4 Å². The van der Waals surface area contributed by atoms with Crippen molar-refractivity contribution >= 4 is 23.2 Å². The summed E-state index contributed by atoms with van der Waals surface area (Å²) in [5.41, 5.74) is 4.04. The van der Waals surface area contributed by atoms with Crippen LogP contribution in [0.25, 0.3) is 0 Å². The first-order chi connectivity index (χ1) is 10.2. The van der Waals surface area contributed by atoms with Crippen LogP contribution in [-0.2, 0) is 6.42 Å². The number of fused-ring (bicyclic) bond motifs is 1. The second-order valence-electron chi connectivity index (χ2n) is 5.39. The van der Waals surface area contributed by atoms with E-state index < -0.39 is 0 Å². The average molecular weight is 305 g/mol. The van der Waals surface area contributed by atoms with Crippen LogP contribution < -0.4 is 5.32 Å². The Morgan fingerprint density at radius 2 is 2.10 bits per heavy atom. The van der Waals surface area contributed by atoms with E-state index >= 15 is 0 Å². The van der Waals surface area contributed by atoms with Gasteiger partial charge in [0.1, 0.15) is 0 Å². The van der Waals surface area contributed by atoms with Crippen LogP contribution in [0, 0.1) is 0 Å². The molecule has 1 aliphatic heterocycles. The quantitative estimate of drug-likeness (QED) is 0.540. The number of carbonyl (C=O) groups excluding carboxylic acids is 1. The Balaban J connectivity index is 1.72. The summed E-state index contributed by atoms with van der Waals surface area (Å²) in [4.78, 5) is 12.2. The number of Topliss-reactive ketones (excluding diaryl/α,β-unsaturated/α-hetero) is 1. The molecule has 1 aromatic carbocycles. The number of aliphatic hydroxyl groups is 1. The molecule has 2 rings (SSSR count). The number of ketones is 1. The first-order valence-electron chi connectivity index (χ1n) is 7.50. The number of rotatable bonds is 9. The van der Waals surface area contributed by atoms with E-state index in [9.17, 15) is 4.79 Å². The highest BCUT2D eigenvalue weighted by molar-refractivity contribution is 7.99. The first kappa shape index (κ1) is 16.1. The number of hydrogen-bond donors (Lipinski definition) is 2. The molecule has 0 unspecified atom stereocenters. The van der Waals surface area contributed by atoms with E-state index in [1.54, 1.807) is 11.8 Å². The van der Waals surface area contributed by atoms with Crippen LogP contribution in [0.2, 0.25) is 0 Å². The van der Waals surface area contributed by atoms with E-state index in [1.165, 1.54) is 5.56 Å². The maximum absolute atomic E-state index is 12.2. The third-order valence-corrected chi connectivity index (χ3v) is 4.62. The summed E-state index contributed by atoms with van der Waals surface area (Å²) >= 11 is 1.70. The molecule has 4 heteroatoms. The van der Waals surface area contributed by atoms with Gasteiger partial charge in [-0.2, -0.15) is 11.8 Å². The number of benzene rings is 1. The topological polar surface area (TPSA) is 49.3 Å². The second-order valence-corrected chi connectivity index (χ2v) is 6.50. The molecule has 3 nitrogen and oxygen atoms in total. The third kappa shape index (κ3) is 4.90. The Hall–Kier alpha value is -1.26. The molecule has 1 aromatic rings. The van der Waals surface area contributed by atoms with E-state index in [2.05, 4.69) is 11.9 Å². The Morgan fingerprint density at radius 3 is 2.90 bits per heavy atom. The van der Waals surface area contributed by atoms with Crippen molar-refractivity contribution in [2.24, 2.45) is 0 Å². The van der Waals surface area contributed by atoms with E-state index in [0.29, 0.717) is 5.75 Å². The molecular weight excluding hydrogens is 282 g/mol. The summed E-state index contributed by atoms with van der Waals surface area (Å²) < 4.78 is 0. The summed E-state index contributed by atoms with van der Waals surface area (Å²) in [6, 6.07) is 5.86. The fourth-order valence-electron chi connectivity index (χ4n) is 2.42. The molecule has 0 spiro atoms. The van der Waals surface area contributed by atoms with Gasteiger partial charge in [-0.3, -0.25) is 4.79 Å². The Labute approximate surface area is 130 Å². The highest BCUT2D eigenvalue weighted by Gasteiger charge is 2.15. The van der Waals surface area contributed by atoms with Crippen molar-refractivity contribution in [3.63, 3.8) is 0 Å². The minimum atomic E-state index is 0.204. The molecule has 0 radical (unpaired) electrons. The summed E-state index contributed by atoms with van der Waals surface area (Å²) in [7, 11) is 0. The Bertz CT molecular complexity index is 514. The molecule has 0 aliphatic carbocycles. The number of carbonyl (C=O) groups is 1. The lowest BCUT2D eigenvalue weighted by Crippen LogP contribution is -2.03. The van der Waals surface area contributed by atoms with Crippen LogP contribution in [0.4, 0.5) is 5.69 Å². The number of aliphatic hydroxyl groups excluding tert-OH is 1. The minimum Gasteiger partial charge on any atom is -0.396 e. The molecule has 0 saturated heterocycles.